The molecule has 160 valence electrons. The van der Waals surface area contributed by atoms with E-state index in [0.29, 0.717) is 35.5 Å². The van der Waals surface area contributed by atoms with Crippen molar-refractivity contribution < 1.29 is 19.0 Å². The first kappa shape index (κ1) is 22.2. The minimum absolute atomic E-state index is 0.125. The lowest BCUT2D eigenvalue weighted by Crippen LogP contribution is -2.24. The predicted molar refractivity (Wildman–Crippen MR) is 121 cm³/mol. The van der Waals surface area contributed by atoms with Gasteiger partial charge in [-0.05, 0) is 48.9 Å². The summed E-state index contributed by atoms with van der Waals surface area (Å²) < 4.78 is 16.9. The summed E-state index contributed by atoms with van der Waals surface area (Å²) in [5, 5.41) is 4.62. The van der Waals surface area contributed by atoms with E-state index in [0.717, 1.165) is 11.1 Å². The number of benzene rings is 3. The molecule has 6 nitrogen and oxygen atoms in total. The van der Waals surface area contributed by atoms with E-state index >= 15 is 0 Å². The van der Waals surface area contributed by atoms with Crippen molar-refractivity contribution in [2.45, 2.75) is 13.5 Å². The maximum Gasteiger partial charge on any atom is 0.277 e. The number of nitrogens with one attached hydrogen (secondary N) is 1. The molecule has 0 spiro atoms. The van der Waals surface area contributed by atoms with Gasteiger partial charge in [-0.3, -0.25) is 4.79 Å². The Morgan fingerprint density at radius 2 is 1.74 bits per heavy atom. The van der Waals surface area contributed by atoms with Gasteiger partial charge in [0.05, 0.1) is 12.8 Å². The highest BCUT2D eigenvalue weighted by molar-refractivity contribution is 6.31. The Hall–Kier alpha value is -3.51. The maximum absolute atomic E-state index is 11.9. The minimum Gasteiger partial charge on any atom is -0.490 e. The summed E-state index contributed by atoms with van der Waals surface area (Å²) in [6.07, 6.45) is 1.53. The summed E-state index contributed by atoms with van der Waals surface area (Å²) in [5.41, 5.74) is 4.07. The van der Waals surface area contributed by atoms with Gasteiger partial charge >= 0.3 is 0 Å². The van der Waals surface area contributed by atoms with E-state index < -0.39 is 0 Å². The van der Waals surface area contributed by atoms with Crippen LogP contribution < -0.4 is 19.6 Å². The summed E-state index contributed by atoms with van der Waals surface area (Å²) in [4.78, 5) is 11.9. The van der Waals surface area contributed by atoms with E-state index in [1.165, 1.54) is 6.21 Å². The van der Waals surface area contributed by atoms with Crippen LogP contribution in [0.1, 0.15) is 18.1 Å². The molecule has 0 aromatic heterocycles. The predicted octanol–water partition coefficient (Wildman–Crippen LogP) is 4.85. The molecule has 0 bridgehead atoms. The number of hydrogen-bond acceptors (Lipinski definition) is 5. The van der Waals surface area contributed by atoms with E-state index in [-0.39, 0.29) is 12.5 Å². The first-order valence-electron chi connectivity index (χ1n) is 9.78. The molecule has 3 aromatic rings. The molecule has 0 aliphatic carbocycles. The molecule has 1 N–H and O–H groups in total. The fourth-order valence-corrected chi connectivity index (χ4v) is 2.83. The number of amides is 1. The highest BCUT2D eigenvalue weighted by Gasteiger charge is 2.08. The number of rotatable bonds is 10. The Morgan fingerprint density at radius 3 is 2.52 bits per heavy atom. The second-order valence-electron chi connectivity index (χ2n) is 6.41. The first-order chi connectivity index (χ1) is 15.2. The molecule has 1 amide bonds. The zero-order valence-corrected chi connectivity index (χ0v) is 17.8. The van der Waals surface area contributed by atoms with Crippen LogP contribution in [0.2, 0.25) is 5.02 Å². The number of carbonyl (C=O) groups excluding carboxylic acids is 1. The van der Waals surface area contributed by atoms with Crippen molar-refractivity contribution in [3.05, 3.63) is 88.9 Å². The van der Waals surface area contributed by atoms with Crippen LogP contribution >= 0.6 is 11.6 Å². The van der Waals surface area contributed by atoms with Crippen molar-refractivity contribution in [1.29, 1.82) is 0 Å². The lowest BCUT2D eigenvalue weighted by atomic mass is 10.2. The van der Waals surface area contributed by atoms with Gasteiger partial charge in [0.15, 0.2) is 18.1 Å². The van der Waals surface area contributed by atoms with Gasteiger partial charge in [-0.25, -0.2) is 5.43 Å². The van der Waals surface area contributed by atoms with Crippen LogP contribution in [0.15, 0.2) is 77.9 Å². The van der Waals surface area contributed by atoms with Gasteiger partial charge in [-0.1, -0.05) is 48.0 Å². The van der Waals surface area contributed by atoms with Gasteiger partial charge < -0.3 is 14.2 Å². The number of halogens is 1. The van der Waals surface area contributed by atoms with Crippen molar-refractivity contribution in [3.63, 3.8) is 0 Å². The normalized spacial score (nSPS) is 10.6. The summed E-state index contributed by atoms with van der Waals surface area (Å²) in [6.45, 7) is 2.58. The van der Waals surface area contributed by atoms with E-state index in [9.17, 15) is 4.79 Å². The Balaban J connectivity index is 1.56. The third-order valence-electron chi connectivity index (χ3n) is 4.12. The molecule has 0 heterocycles. The molecule has 0 fully saturated rings. The van der Waals surface area contributed by atoms with Gasteiger partial charge in [0.1, 0.15) is 12.4 Å². The van der Waals surface area contributed by atoms with Crippen LogP contribution in [-0.2, 0) is 11.4 Å². The Kier molecular flexibility index (Phi) is 8.31. The topological polar surface area (TPSA) is 69.2 Å². The molecule has 0 radical (unpaired) electrons. The van der Waals surface area contributed by atoms with Crippen LogP contribution in [0.3, 0.4) is 0 Å². The highest BCUT2D eigenvalue weighted by Crippen LogP contribution is 2.29. The zero-order chi connectivity index (χ0) is 21.9. The van der Waals surface area contributed by atoms with Crippen molar-refractivity contribution >= 4 is 23.7 Å². The molecule has 31 heavy (non-hydrogen) atoms. The number of ether oxygens (including phenoxy) is 3. The van der Waals surface area contributed by atoms with E-state index in [4.69, 9.17) is 25.8 Å². The van der Waals surface area contributed by atoms with Gasteiger partial charge in [-0.15, -0.1) is 0 Å². The monoisotopic (exact) mass is 438 g/mol. The summed E-state index contributed by atoms with van der Waals surface area (Å²) in [6, 6.07) is 22.0. The minimum atomic E-state index is -0.357. The van der Waals surface area contributed by atoms with Crippen LogP contribution in [0, 0.1) is 0 Å². The van der Waals surface area contributed by atoms with Crippen LogP contribution in [0.4, 0.5) is 0 Å². The molecule has 3 aromatic carbocycles. The number of hydrazone groups is 1. The van der Waals surface area contributed by atoms with E-state index in [1.54, 1.807) is 24.3 Å². The van der Waals surface area contributed by atoms with Crippen molar-refractivity contribution in [2.24, 2.45) is 5.10 Å². The van der Waals surface area contributed by atoms with Crippen molar-refractivity contribution in [1.82, 2.24) is 5.43 Å². The van der Waals surface area contributed by atoms with Gasteiger partial charge in [0.2, 0.25) is 0 Å². The molecular formula is C24H23ClN2O4. The smallest absolute Gasteiger partial charge is 0.277 e. The zero-order valence-electron chi connectivity index (χ0n) is 17.1. The average molecular weight is 439 g/mol. The summed E-state index contributed by atoms with van der Waals surface area (Å²) in [5.74, 6) is 1.44. The first-order valence-corrected chi connectivity index (χ1v) is 10.2. The largest absolute Gasteiger partial charge is 0.490 e. The SMILES string of the molecule is CCOc1cc(/C=N\NC(=O)COc2ccccc2)ccc1OCc1ccccc1Cl. The molecule has 7 heteroatoms. The molecule has 0 atom stereocenters. The quantitative estimate of drug-likeness (QED) is 0.363. The van der Waals surface area contributed by atoms with Gasteiger partial charge in [0, 0.05) is 10.6 Å². The lowest BCUT2D eigenvalue weighted by molar-refractivity contribution is -0.123. The molecule has 0 aliphatic rings. The number of para-hydroxylation sites is 1. The summed E-state index contributed by atoms with van der Waals surface area (Å²) >= 11 is 6.18. The van der Waals surface area contributed by atoms with Crippen LogP contribution in [0.5, 0.6) is 17.2 Å². The number of nitrogens with zero attached hydrogens (tertiary/aromatic N) is 1. The average Bonchev–Trinajstić information content (AvgIpc) is 2.79. The van der Waals surface area contributed by atoms with E-state index in [1.807, 2.05) is 55.5 Å². The third-order valence-corrected chi connectivity index (χ3v) is 4.49. The number of carbonyl (C=O) groups is 1. The molecule has 0 aliphatic heterocycles. The number of hydrogen-bond donors (Lipinski definition) is 1. The second kappa shape index (κ2) is 11.6. The highest BCUT2D eigenvalue weighted by atomic mass is 35.5. The molecule has 0 saturated heterocycles. The standard InChI is InChI=1S/C24H23ClN2O4/c1-2-29-23-14-18(12-13-22(23)31-16-19-8-6-7-11-21(19)25)15-26-27-24(28)17-30-20-9-4-3-5-10-20/h3-15H,2,16-17H2,1H3,(H,27,28)/b26-15-. The maximum atomic E-state index is 11.9. The fourth-order valence-electron chi connectivity index (χ4n) is 2.64. The van der Waals surface area contributed by atoms with E-state index in [2.05, 4.69) is 10.5 Å². The molecule has 3 rings (SSSR count). The molecular weight excluding hydrogens is 416 g/mol. The van der Waals surface area contributed by atoms with Crippen LogP contribution in [0.25, 0.3) is 0 Å². The van der Waals surface area contributed by atoms with Gasteiger partial charge in [-0.2, -0.15) is 5.10 Å². The van der Waals surface area contributed by atoms with Gasteiger partial charge in [0.25, 0.3) is 5.91 Å². The van der Waals surface area contributed by atoms with Crippen molar-refractivity contribution in [2.75, 3.05) is 13.2 Å². The Morgan fingerprint density at radius 1 is 0.968 bits per heavy atom. The lowest BCUT2D eigenvalue weighted by Gasteiger charge is -2.13. The Bertz CT molecular complexity index is 1030. The second-order valence-corrected chi connectivity index (χ2v) is 6.82. The fraction of sp³-hybridized carbons (Fsp3) is 0.167. The molecule has 0 saturated carbocycles. The van der Waals surface area contributed by atoms with Crippen LogP contribution in [-0.4, -0.2) is 25.3 Å². The Labute approximate surface area is 186 Å². The van der Waals surface area contributed by atoms with Crippen molar-refractivity contribution in [3.8, 4) is 17.2 Å². The third kappa shape index (κ3) is 7.04. The molecule has 0 unspecified atom stereocenters. The summed E-state index contributed by atoms with van der Waals surface area (Å²) in [7, 11) is 0.